The van der Waals surface area contributed by atoms with Gasteiger partial charge in [0.25, 0.3) is 0 Å². The molecule has 1 aliphatic heterocycles. The van der Waals surface area contributed by atoms with E-state index in [0.717, 1.165) is 0 Å². The van der Waals surface area contributed by atoms with Crippen LogP contribution in [0.1, 0.15) is 25.7 Å². The maximum atomic E-state index is 2.92. The molecule has 1 heteroatoms. The molecule has 0 radical (unpaired) electrons. The van der Waals surface area contributed by atoms with Gasteiger partial charge in [0.1, 0.15) is 0 Å². The fourth-order valence-corrected chi connectivity index (χ4v) is 1.17. The average Bonchev–Trinajstić information content (AvgIpc) is 2.53. The smallest absolute Gasteiger partial charge is 0.000442 e. The number of hydrogen-bond acceptors (Lipinski definition) is 1. The van der Waals surface area contributed by atoms with Crippen LogP contribution in [-0.4, -0.2) is 0 Å². The quantitative estimate of drug-likeness (QED) is 0.557. The lowest BCUT2D eigenvalue weighted by Crippen LogP contribution is -1.87. The van der Waals surface area contributed by atoms with E-state index in [4.69, 9.17) is 0 Å². The second-order valence-electron chi connectivity index (χ2n) is 3.03. The highest BCUT2D eigenvalue weighted by atomic mass is 14.8. The van der Waals surface area contributed by atoms with Crippen LogP contribution in [0.15, 0.2) is 48.9 Å². The van der Waals surface area contributed by atoms with Crippen LogP contribution in [0.5, 0.6) is 0 Å². The van der Waals surface area contributed by atoms with Gasteiger partial charge in [0.2, 0.25) is 0 Å². The van der Waals surface area contributed by atoms with Gasteiger partial charge < -0.3 is 5.32 Å². The first-order chi connectivity index (χ1) is 6.50. The summed E-state index contributed by atoms with van der Waals surface area (Å²) in [6, 6.07) is 0. The molecule has 1 aliphatic carbocycles. The lowest BCUT2D eigenvalue weighted by Gasteiger charge is -1.97. The monoisotopic (exact) mass is 175 g/mol. The molecule has 2 rings (SSSR count). The van der Waals surface area contributed by atoms with E-state index >= 15 is 0 Å². The first kappa shape index (κ1) is 9.85. The molecular weight excluding hydrogens is 158 g/mol. The molecule has 0 aromatic carbocycles. The highest BCUT2D eigenvalue weighted by molar-refractivity contribution is 5.14. The van der Waals surface area contributed by atoms with E-state index in [0.29, 0.717) is 0 Å². The lowest BCUT2D eigenvalue weighted by atomic mass is 10.1. The molecule has 0 aromatic rings. The van der Waals surface area contributed by atoms with E-state index in [1.807, 2.05) is 36.7 Å². The SMILES string of the molecule is C1=CC=CNC=C1.C1=CCCCC1. The van der Waals surface area contributed by atoms with Crippen molar-refractivity contribution in [1.82, 2.24) is 5.32 Å². The Hall–Kier alpha value is -1.24. The molecule has 0 amide bonds. The van der Waals surface area contributed by atoms with Crippen molar-refractivity contribution in [2.45, 2.75) is 25.7 Å². The summed E-state index contributed by atoms with van der Waals surface area (Å²) in [5, 5.41) is 2.92. The summed E-state index contributed by atoms with van der Waals surface area (Å²) in [5.41, 5.74) is 0. The highest BCUT2D eigenvalue weighted by Crippen LogP contribution is 2.07. The fraction of sp³-hybridized carbons (Fsp3) is 0.333. The summed E-state index contributed by atoms with van der Waals surface area (Å²) in [6.07, 6.45) is 21.6. The molecule has 0 atom stereocenters. The molecule has 70 valence electrons. The molecule has 0 spiro atoms. The number of allylic oxidation sites excluding steroid dienone is 6. The molecule has 1 N–H and O–H groups in total. The van der Waals surface area contributed by atoms with E-state index in [1.54, 1.807) is 0 Å². The maximum Gasteiger partial charge on any atom is 0.000442 e. The van der Waals surface area contributed by atoms with E-state index in [-0.39, 0.29) is 0 Å². The topological polar surface area (TPSA) is 12.0 Å². The zero-order valence-corrected chi connectivity index (χ0v) is 7.95. The molecule has 0 saturated heterocycles. The molecular formula is C12H17N. The third kappa shape index (κ3) is 5.97. The highest BCUT2D eigenvalue weighted by Gasteiger charge is 1.87. The number of rotatable bonds is 0. The minimum absolute atomic E-state index is 1.32. The maximum absolute atomic E-state index is 2.92. The zero-order chi connectivity index (χ0) is 9.19. The predicted molar refractivity (Wildman–Crippen MR) is 58.2 cm³/mol. The van der Waals surface area contributed by atoms with Crippen LogP contribution >= 0.6 is 0 Å². The Morgan fingerprint density at radius 2 is 1.23 bits per heavy atom. The van der Waals surface area contributed by atoms with Crippen LogP contribution in [0.2, 0.25) is 0 Å². The van der Waals surface area contributed by atoms with Gasteiger partial charge in [-0.25, -0.2) is 0 Å². The van der Waals surface area contributed by atoms with Crippen LogP contribution in [0, 0.1) is 0 Å². The predicted octanol–water partition coefficient (Wildman–Crippen LogP) is 3.29. The molecule has 0 aromatic heterocycles. The normalized spacial score (nSPS) is 18.5. The van der Waals surface area contributed by atoms with Crippen molar-refractivity contribution in [3.05, 3.63) is 48.9 Å². The minimum atomic E-state index is 1.32. The summed E-state index contributed by atoms with van der Waals surface area (Å²) in [7, 11) is 0. The van der Waals surface area contributed by atoms with E-state index < -0.39 is 0 Å². The standard InChI is InChI=1S/C6H7N.C6H10/c1-2-4-6-7-5-3-1;1-2-4-6-5-3-1/h1-7H;1-2H,3-6H2. The van der Waals surface area contributed by atoms with Crippen LogP contribution in [0.25, 0.3) is 0 Å². The van der Waals surface area contributed by atoms with Crippen LogP contribution in [0.4, 0.5) is 0 Å². The molecule has 0 saturated carbocycles. The van der Waals surface area contributed by atoms with Crippen molar-refractivity contribution < 1.29 is 0 Å². The van der Waals surface area contributed by atoms with Crippen molar-refractivity contribution in [3.63, 3.8) is 0 Å². The second-order valence-corrected chi connectivity index (χ2v) is 3.03. The van der Waals surface area contributed by atoms with Crippen molar-refractivity contribution in [1.29, 1.82) is 0 Å². The zero-order valence-electron chi connectivity index (χ0n) is 7.95. The van der Waals surface area contributed by atoms with Gasteiger partial charge in [0, 0.05) is 12.4 Å². The molecule has 0 bridgehead atoms. The molecule has 2 aliphatic rings. The molecule has 13 heavy (non-hydrogen) atoms. The van der Waals surface area contributed by atoms with Gasteiger partial charge in [0.15, 0.2) is 0 Å². The lowest BCUT2D eigenvalue weighted by molar-refractivity contribution is 0.730. The van der Waals surface area contributed by atoms with Crippen molar-refractivity contribution in [2.75, 3.05) is 0 Å². The Labute approximate surface area is 80.5 Å². The third-order valence-electron chi connectivity index (χ3n) is 1.88. The average molecular weight is 175 g/mol. The van der Waals surface area contributed by atoms with Gasteiger partial charge in [-0.15, -0.1) is 0 Å². The van der Waals surface area contributed by atoms with Gasteiger partial charge in [-0.3, -0.25) is 0 Å². The Morgan fingerprint density at radius 1 is 0.692 bits per heavy atom. The van der Waals surface area contributed by atoms with E-state index in [9.17, 15) is 0 Å². The number of nitrogens with one attached hydrogen (secondary N) is 1. The Kier molecular flexibility index (Phi) is 5.61. The van der Waals surface area contributed by atoms with Gasteiger partial charge in [-0.05, 0) is 37.8 Å². The van der Waals surface area contributed by atoms with Crippen molar-refractivity contribution in [2.24, 2.45) is 0 Å². The first-order valence-electron chi connectivity index (χ1n) is 4.89. The van der Waals surface area contributed by atoms with Crippen molar-refractivity contribution in [3.8, 4) is 0 Å². The Morgan fingerprint density at radius 3 is 1.62 bits per heavy atom. The van der Waals surface area contributed by atoms with E-state index in [1.165, 1.54) is 25.7 Å². The first-order valence-corrected chi connectivity index (χ1v) is 4.89. The summed E-state index contributed by atoms with van der Waals surface area (Å²) in [5.74, 6) is 0. The second kappa shape index (κ2) is 7.41. The van der Waals surface area contributed by atoms with Gasteiger partial charge in [0.05, 0.1) is 0 Å². The van der Waals surface area contributed by atoms with Crippen LogP contribution < -0.4 is 5.32 Å². The van der Waals surface area contributed by atoms with Crippen molar-refractivity contribution >= 4 is 0 Å². The molecule has 1 nitrogen and oxygen atoms in total. The largest absolute Gasteiger partial charge is 0.368 e. The summed E-state index contributed by atoms with van der Waals surface area (Å²) in [6.45, 7) is 0. The Bertz CT molecular complexity index is 199. The summed E-state index contributed by atoms with van der Waals surface area (Å²) >= 11 is 0. The van der Waals surface area contributed by atoms with Crippen LogP contribution in [0.3, 0.4) is 0 Å². The van der Waals surface area contributed by atoms with Gasteiger partial charge in [-0.2, -0.15) is 0 Å². The third-order valence-corrected chi connectivity index (χ3v) is 1.88. The van der Waals surface area contributed by atoms with E-state index in [2.05, 4.69) is 17.5 Å². The summed E-state index contributed by atoms with van der Waals surface area (Å²) < 4.78 is 0. The van der Waals surface area contributed by atoms with Crippen LogP contribution in [-0.2, 0) is 0 Å². The minimum Gasteiger partial charge on any atom is -0.368 e. The number of hydrogen-bond donors (Lipinski definition) is 1. The molecule has 0 fully saturated rings. The molecule has 0 unspecified atom stereocenters. The fourth-order valence-electron chi connectivity index (χ4n) is 1.17. The Balaban J connectivity index is 0.000000132. The van der Waals surface area contributed by atoms with Gasteiger partial charge in [-0.1, -0.05) is 24.3 Å². The molecule has 1 heterocycles. The summed E-state index contributed by atoms with van der Waals surface area (Å²) in [4.78, 5) is 0. The van der Waals surface area contributed by atoms with Gasteiger partial charge >= 0.3 is 0 Å².